The minimum Gasteiger partial charge on any atom is -0.458 e. The number of carbonyl (C=O) groups excluding carboxylic acids is 2. The number of carbonyl (C=O) groups is 2. The lowest BCUT2D eigenvalue weighted by Crippen LogP contribution is -2.43. The molecule has 0 aromatic heterocycles. The van der Waals surface area contributed by atoms with E-state index in [0.717, 1.165) is 21.3 Å². The summed E-state index contributed by atoms with van der Waals surface area (Å²) >= 11 is 3.39. The Morgan fingerprint density at radius 1 is 1.16 bits per heavy atom. The van der Waals surface area contributed by atoms with Gasteiger partial charge in [-0.2, -0.15) is 0 Å². The van der Waals surface area contributed by atoms with Crippen LogP contribution in [0.5, 0.6) is 0 Å². The largest absolute Gasteiger partial charge is 0.458 e. The van der Waals surface area contributed by atoms with Gasteiger partial charge in [0.05, 0.1) is 5.69 Å². The third-order valence-corrected chi connectivity index (χ3v) is 4.93. The number of hydrogen-bond acceptors (Lipinski definition) is 3. The van der Waals surface area contributed by atoms with E-state index in [9.17, 15) is 9.59 Å². The van der Waals surface area contributed by atoms with E-state index < -0.39 is 0 Å². The lowest BCUT2D eigenvalue weighted by atomic mass is 9.91. The van der Waals surface area contributed by atoms with Crippen molar-refractivity contribution in [2.45, 2.75) is 39.3 Å². The van der Waals surface area contributed by atoms with E-state index in [-0.39, 0.29) is 24.0 Å². The van der Waals surface area contributed by atoms with Gasteiger partial charge in [-0.1, -0.05) is 33.6 Å². The van der Waals surface area contributed by atoms with E-state index >= 15 is 0 Å². The van der Waals surface area contributed by atoms with Crippen molar-refractivity contribution < 1.29 is 14.3 Å². The number of anilines is 1. The number of rotatable bonds is 2. The molecule has 0 radical (unpaired) electrons. The number of hydrogen-bond donors (Lipinski definition) is 0. The van der Waals surface area contributed by atoms with Crippen molar-refractivity contribution >= 4 is 33.5 Å². The highest BCUT2D eigenvalue weighted by atomic mass is 79.9. The average molecular weight is 402 g/mol. The van der Waals surface area contributed by atoms with Gasteiger partial charge in [-0.05, 0) is 44.2 Å². The van der Waals surface area contributed by atoms with Crippen molar-refractivity contribution in [2.24, 2.45) is 0 Å². The molecule has 0 bridgehead atoms. The number of ether oxygens (including phenoxy) is 1. The summed E-state index contributed by atoms with van der Waals surface area (Å²) in [7, 11) is 0. The first kappa shape index (κ1) is 17.7. The predicted octanol–water partition coefficient (Wildman–Crippen LogP) is 4.80. The molecule has 0 saturated heterocycles. The Hall–Kier alpha value is -2.14. The monoisotopic (exact) mass is 401 g/mol. The maximum atomic E-state index is 13.1. The quantitative estimate of drug-likeness (QED) is 0.678. The second kappa shape index (κ2) is 7.00. The van der Waals surface area contributed by atoms with Crippen LogP contribution in [0.2, 0.25) is 0 Å². The SMILES string of the molecule is CC(=O)O[C@@H]1C[C@@H](C)N(C(=O)c2ccc(Br)cc2)c2ccc(C)cc21. The molecule has 130 valence electrons. The van der Waals surface area contributed by atoms with Crippen LogP contribution < -0.4 is 4.90 Å². The number of aryl methyl sites for hydroxylation is 1. The molecule has 1 heterocycles. The molecule has 4 nitrogen and oxygen atoms in total. The van der Waals surface area contributed by atoms with E-state index in [0.29, 0.717) is 12.0 Å². The van der Waals surface area contributed by atoms with Crippen molar-refractivity contribution in [3.63, 3.8) is 0 Å². The summed E-state index contributed by atoms with van der Waals surface area (Å²) in [5.74, 6) is -0.358. The van der Waals surface area contributed by atoms with Crippen molar-refractivity contribution in [3.05, 3.63) is 63.6 Å². The smallest absolute Gasteiger partial charge is 0.303 e. The number of fused-ring (bicyclic) bond motifs is 1. The minimum atomic E-state index is -0.323. The fourth-order valence-electron chi connectivity index (χ4n) is 3.28. The normalized spacial score (nSPS) is 19.3. The Morgan fingerprint density at radius 3 is 2.48 bits per heavy atom. The third kappa shape index (κ3) is 3.61. The first-order valence-corrected chi connectivity index (χ1v) is 9.03. The standard InChI is InChI=1S/C20H20BrNO3/c1-12-4-9-18-17(10-12)19(25-14(3)23)11-13(2)22(18)20(24)15-5-7-16(21)8-6-15/h4-10,13,19H,11H2,1-3H3/t13-,19-/m1/s1. The Bertz CT molecular complexity index is 816. The van der Waals surface area contributed by atoms with Gasteiger partial charge in [0.25, 0.3) is 5.91 Å². The van der Waals surface area contributed by atoms with E-state index in [1.54, 1.807) is 4.90 Å². The Kier molecular flexibility index (Phi) is 4.95. The summed E-state index contributed by atoms with van der Waals surface area (Å²) in [6, 6.07) is 13.2. The van der Waals surface area contributed by atoms with Crippen molar-refractivity contribution in [1.82, 2.24) is 0 Å². The van der Waals surface area contributed by atoms with E-state index in [2.05, 4.69) is 15.9 Å². The highest BCUT2D eigenvalue weighted by molar-refractivity contribution is 9.10. The van der Waals surface area contributed by atoms with Crippen LogP contribution in [0.25, 0.3) is 0 Å². The van der Waals surface area contributed by atoms with Crippen molar-refractivity contribution in [2.75, 3.05) is 4.90 Å². The molecule has 0 saturated carbocycles. The minimum absolute atomic E-state index is 0.0496. The molecular formula is C20H20BrNO3. The van der Waals surface area contributed by atoms with E-state index in [1.165, 1.54) is 6.92 Å². The number of nitrogens with zero attached hydrogens (tertiary/aromatic N) is 1. The number of halogens is 1. The molecule has 3 rings (SSSR count). The van der Waals surface area contributed by atoms with Gasteiger partial charge in [0.15, 0.2) is 0 Å². The van der Waals surface area contributed by atoms with Crippen LogP contribution in [0.4, 0.5) is 5.69 Å². The second-order valence-corrected chi connectivity index (χ2v) is 7.34. The van der Waals surface area contributed by atoms with Crippen molar-refractivity contribution in [1.29, 1.82) is 0 Å². The topological polar surface area (TPSA) is 46.6 Å². The Morgan fingerprint density at radius 2 is 1.84 bits per heavy atom. The van der Waals surface area contributed by atoms with Gasteiger partial charge >= 0.3 is 5.97 Å². The van der Waals surface area contributed by atoms with E-state index in [4.69, 9.17) is 4.74 Å². The highest BCUT2D eigenvalue weighted by Crippen LogP contribution is 2.40. The van der Waals surface area contributed by atoms with Gasteiger partial charge < -0.3 is 9.64 Å². The molecule has 0 aliphatic carbocycles. The van der Waals surface area contributed by atoms with Crippen LogP contribution in [0.3, 0.4) is 0 Å². The zero-order valence-corrected chi connectivity index (χ0v) is 16.0. The maximum Gasteiger partial charge on any atom is 0.303 e. The molecule has 2 atom stereocenters. The van der Waals surface area contributed by atoms with Gasteiger partial charge in [0.2, 0.25) is 0 Å². The summed E-state index contributed by atoms with van der Waals surface area (Å²) in [5, 5.41) is 0. The molecule has 5 heteroatoms. The Labute approximate surface area is 155 Å². The predicted molar refractivity (Wildman–Crippen MR) is 101 cm³/mol. The lowest BCUT2D eigenvalue weighted by Gasteiger charge is -2.39. The van der Waals surface area contributed by atoms with Crippen LogP contribution in [0.1, 0.15) is 47.9 Å². The molecule has 1 amide bonds. The molecule has 2 aromatic carbocycles. The first-order valence-electron chi connectivity index (χ1n) is 8.23. The number of benzene rings is 2. The van der Waals surface area contributed by atoms with Gasteiger partial charge in [-0.25, -0.2) is 0 Å². The molecule has 25 heavy (non-hydrogen) atoms. The summed E-state index contributed by atoms with van der Waals surface area (Å²) in [5.41, 5.74) is 3.40. The molecule has 1 aliphatic heterocycles. The zero-order valence-electron chi connectivity index (χ0n) is 14.5. The maximum absolute atomic E-state index is 13.1. The molecule has 2 aromatic rings. The number of esters is 1. The molecule has 0 spiro atoms. The molecule has 0 unspecified atom stereocenters. The fourth-order valence-corrected chi connectivity index (χ4v) is 3.55. The Balaban J connectivity index is 2.03. The van der Waals surface area contributed by atoms with Crippen molar-refractivity contribution in [3.8, 4) is 0 Å². The average Bonchev–Trinajstić information content (AvgIpc) is 2.55. The summed E-state index contributed by atoms with van der Waals surface area (Å²) < 4.78 is 6.44. The van der Waals surface area contributed by atoms with Gasteiger partial charge in [-0.3, -0.25) is 9.59 Å². The highest BCUT2D eigenvalue weighted by Gasteiger charge is 2.35. The second-order valence-electron chi connectivity index (χ2n) is 6.43. The van der Waals surface area contributed by atoms with Gasteiger partial charge in [0.1, 0.15) is 6.10 Å². The summed E-state index contributed by atoms with van der Waals surface area (Å²) in [6.07, 6.45) is 0.259. The lowest BCUT2D eigenvalue weighted by molar-refractivity contribution is -0.147. The fraction of sp³-hybridized carbons (Fsp3) is 0.300. The number of amides is 1. The van der Waals surface area contributed by atoms with Crippen LogP contribution in [0.15, 0.2) is 46.9 Å². The third-order valence-electron chi connectivity index (χ3n) is 4.40. The van der Waals surface area contributed by atoms with Crippen LogP contribution in [-0.2, 0) is 9.53 Å². The molecule has 0 N–H and O–H groups in total. The molecule has 0 fully saturated rings. The molecule has 1 aliphatic rings. The zero-order chi connectivity index (χ0) is 18.1. The summed E-state index contributed by atoms with van der Waals surface area (Å²) in [4.78, 5) is 26.4. The first-order chi connectivity index (χ1) is 11.9. The van der Waals surface area contributed by atoms with E-state index in [1.807, 2.05) is 56.3 Å². The van der Waals surface area contributed by atoms with Gasteiger partial charge in [0, 0.05) is 35.0 Å². The van der Waals surface area contributed by atoms with Gasteiger partial charge in [-0.15, -0.1) is 0 Å². The summed E-state index contributed by atoms with van der Waals surface area (Å²) in [6.45, 7) is 5.39. The van der Waals surface area contributed by atoms with Crippen LogP contribution in [0, 0.1) is 6.92 Å². The van der Waals surface area contributed by atoms with Crippen LogP contribution in [-0.4, -0.2) is 17.9 Å². The van der Waals surface area contributed by atoms with Crippen LogP contribution >= 0.6 is 15.9 Å². The molecular weight excluding hydrogens is 382 g/mol.